The van der Waals surface area contributed by atoms with Crippen molar-refractivity contribution in [3.63, 3.8) is 0 Å². The molecule has 0 heterocycles. The van der Waals surface area contributed by atoms with Crippen molar-refractivity contribution >= 4 is 34.5 Å². The summed E-state index contributed by atoms with van der Waals surface area (Å²) < 4.78 is 1.00. The third kappa shape index (κ3) is 3.48. The summed E-state index contributed by atoms with van der Waals surface area (Å²) in [5.74, 6) is 4.02. The number of carbonyl (C=O) groups excluding carboxylic acids is 2. The molecule has 0 saturated heterocycles. The van der Waals surface area contributed by atoms with E-state index in [9.17, 15) is 9.59 Å². The summed E-state index contributed by atoms with van der Waals surface area (Å²) in [5.41, 5.74) is 0.360. The molecule has 6 heteroatoms. The molecule has 0 fully saturated rings. The molecule has 15 heavy (non-hydrogen) atoms. The number of rotatable bonds is 1. The maximum atomic E-state index is 11.5. The van der Waals surface area contributed by atoms with Gasteiger partial charge in [-0.15, -0.1) is 0 Å². The van der Waals surface area contributed by atoms with Crippen molar-refractivity contribution in [1.29, 1.82) is 0 Å². The number of nitrogens with zero attached hydrogens (tertiary/aromatic N) is 1. The van der Waals surface area contributed by atoms with Crippen LogP contribution in [0.1, 0.15) is 17.3 Å². The quantitative estimate of drug-likeness (QED) is 0.364. The number of hydrogen-bond acceptors (Lipinski definition) is 4. The Morgan fingerprint density at radius 1 is 1.33 bits per heavy atom. The summed E-state index contributed by atoms with van der Waals surface area (Å²) in [6.07, 6.45) is 0. The fraction of sp³-hybridized carbons (Fsp3) is 0.111. The van der Waals surface area contributed by atoms with Gasteiger partial charge in [0.2, 0.25) is 0 Å². The van der Waals surface area contributed by atoms with Gasteiger partial charge in [0.25, 0.3) is 0 Å². The van der Waals surface area contributed by atoms with Crippen LogP contribution in [0.2, 0.25) is 0 Å². The molecule has 0 bridgehead atoms. The van der Waals surface area contributed by atoms with Gasteiger partial charge in [-0.3, -0.25) is 4.79 Å². The summed E-state index contributed by atoms with van der Waals surface area (Å²) in [7, 11) is 0. The van der Waals surface area contributed by atoms with Gasteiger partial charge in [-0.1, -0.05) is 5.17 Å². The third-order valence-corrected chi connectivity index (χ3v) is 2.24. The summed E-state index contributed by atoms with van der Waals surface area (Å²) in [5, 5.41) is 0.421. The van der Waals surface area contributed by atoms with Crippen LogP contribution in [0.25, 0.3) is 0 Å². The molecule has 1 aromatic carbocycles. The van der Waals surface area contributed by atoms with Crippen molar-refractivity contribution in [2.75, 3.05) is 0 Å². The predicted octanol–water partition coefficient (Wildman–Crippen LogP) is 1.09. The van der Waals surface area contributed by atoms with Crippen LogP contribution in [0, 0.1) is 3.57 Å². The predicted molar refractivity (Wildman–Crippen MR) is 61.3 cm³/mol. The second kappa shape index (κ2) is 5.08. The molecule has 1 rings (SSSR count). The maximum Gasteiger partial charge on any atom is 0.331 e. The van der Waals surface area contributed by atoms with E-state index < -0.39 is 11.9 Å². The lowest BCUT2D eigenvalue weighted by molar-refractivity contribution is -0.175. The zero-order chi connectivity index (χ0) is 11.4. The molecule has 80 valence electrons. The zero-order valence-electron chi connectivity index (χ0n) is 7.94. The van der Waals surface area contributed by atoms with E-state index in [-0.39, 0.29) is 0 Å². The smallest absolute Gasteiger partial charge is 0.323 e. The lowest BCUT2D eigenvalue weighted by Gasteiger charge is -2.13. The first-order valence-corrected chi connectivity index (χ1v) is 5.12. The highest BCUT2D eigenvalue weighted by atomic mass is 127. The van der Waals surface area contributed by atoms with Crippen LogP contribution in [0.5, 0.6) is 0 Å². The standard InChI is InChI=1S/C9H9IN2O3/c1-6(13)15-12(11)9(14)7-2-4-8(10)5-3-7/h2-5H,11H2,1H3. The van der Waals surface area contributed by atoms with E-state index in [4.69, 9.17) is 5.84 Å². The first-order valence-electron chi connectivity index (χ1n) is 4.04. The summed E-state index contributed by atoms with van der Waals surface area (Å²) in [6.45, 7) is 1.17. The van der Waals surface area contributed by atoms with E-state index in [1.165, 1.54) is 6.92 Å². The topological polar surface area (TPSA) is 72.6 Å². The van der Waals surface area contributed by atoms with Crippen LogP contribution in [-0.4, -0.2) is 17.0 Å². The van der Waals surface area contributed by atoms with Crippen LogP contribution in [0.3, 0.4) is 0 Å². The van der Waals surface area contributed by atoms with Gasteiger partial charge in [0.1, 0.15) is 0 Å². The van der Waals surface area contributed by atoms with Crippen LogP contribution in [0.4, 0.5) is 0 Å². The molecule has 0 spiro atoms. The second-order valence-corrected chi connectivity index (χ2v) is 3.97. The zero-order valence-corrected chi connectivity index (χ0v) is 10.1. The lowest BCUT2D eigenvalue weighted by Crippen LogP contribution is -2.38. The van der Waals surface area contributed by atoms with E-state index in [2.05, 4.69) is 27.4 Å². The molecule has 1 aromatic rings. The lowest BCUT2D eigenvalue weighted by atomic mass is 10.2. The van der Waals surface area contributed by atoms with Crippen LogP contribution >= 0.6 is 22.6 Å². The third-order valence-electron chi connectivity index (χ3n) is 1.52. The van der Waals surface area contributed by atoms with Crippen molar-refractivity contribution in [3.8, 4) is 0 Å². The molecule has 0 aliphatic carbocycles. The average Bonchev–Trinajstić information content (AvgIpc) is 2.17. The summed E-state index contributed by atoms with van der Waals surface area (Å²) in [6, 6.07) is 6.73. The van der Waals surface area contributed by atoms with Crippen molar-refractivity contribution in [2.45, 2.75) is 6.92 Å². The summed E-state index contributed by atoms with van der Waals surface area (Å²) in [4.78, 5) is 26.5. The number of halogens is 1. The van der Waals surface area contributed by atoms with Gasteiger partial charge in [0, 0.05) is 16.1 Å². The molecule has 0 atom stereocenters. The monoisotopic (exact) mass is 320 g/mol. The van der Waals surface area contributed by atoms with Crippen molar-refractivity contribution in [2.24, 2.45) is 5.84 Å². The van der Waals surface area contributed by atoms with Gasteiger partial charge in [-0.25, -0.2) is 10.6 Å². The Morgan fingerprint density at radius 2 is 1.87 bits per heavy atom. The Balaban J connectivity index is 2.76. The van der Waals surface area contributed by atoms with Crippen molar-refractivity contribution in [1.82, 2.24) is 5.17 Å². The molecule has 0 aromatic heterocycles. The Morgan fingerprint density at radius 3 is 2.33 bits per heavy atom. The fourth-order valence-corrected chi connectivity index (χ4v) is 1.26. The van der Waals surface area contributed by atoms with Crippen LogP contribution in [0.15, 0.2) is 24.3 Å². The highest BCUT2D eigenvalue weighted by molar-refractivity contribution is 14.1. The van der Waals surface area contributed by atoms with Gasteiger partial charge >= 0.3 is 11.9 Å². The minimum absolute atomic E-state index is 0.360. The number of carbonyl (C=O) groups is 2. The minimum Gasteiger partial charge on any atom is -0.323 e. The Hall–Kier alpha value is -1.15. The van der Waals surface area contributed by atoms with Crippen LogP contribution in [-0.2, 0) is 9.63 Å². The number of hydroxylamine groups is 1. The van der Waals surface area contributed by atoms with Crippen molar-refractivity contribution in [3.05, 3.63) is 33.4 Å². The number of hydrogen-bond donors (Lipinski definition) is 1. The van der Waals surface area contributed by atoms with Crippen LogP contribution < -0.4 is 5.84 Å². The number of hydrazine groups is 1. The van der Waals surface area contributed by atoms with E-state index >= 15 is 0 Å². The largest absolute Gasteiger partial charge is 0.331 e. The van der Waals surface area contributed by atoms with Gasteiger partial charge < -0.3 is 4.84 Å². The minimum atomic E-state index is -0.642. The highest BCUT2D eigenvalue weighted by Crippen LogP contribution is 2.08. The van der Waals surface area contributed by atoms with Gasteiger partial charge in [0.05, 0.1) is 0 Å². The molecule has 0 radical (unpaired) electrons. The summed E-state index contributed by atoms with van der Waals surface area (Å²) >= 11 is 2.12. The second-order valence-electron chi connectivity index (χ2n) is 2.72. The van der Waals surface area contributed by atoms with E-state index in [0.29, 0.717) is 10.7 Å². The first-order chi connectivity index (χ1) is 7.00. The molecule has 5 nitrogen and oxygen atoms in total. The molecule has 0 aliphatic heterocycles. The average molecular weight is 320 g/mol. The molecule has 1 amide bonds. The van der Waals surface area contributed by atoms with Gasteiger partial charge in [-0.2, -0.15) is 0 Å². The van der Waals surface area contributed by atoms with Gasteiger partial charge in [-0.05, 0) is 46.9 Å². The number of nitrogens with two attached hydrogens (primary N) is 1. The molecule has 2 N–H and O–H groups in total. The fourth-order valence-electron chi connectivity index (χ4n) is 0.900. The molecule has 0 unspecified atom stereocenters. The van der Waals surface area contributed by atoms with E-state index in [1.54, 1.807) is 24.3 Å². The Labute approximate surface area is 100 Å². The van der Waals surface area contributed by atoms with E-state index in [1.807, 2.05) is 0 Å². The normalized spacial score (nSPS) is 9.53. The maximum absolute atomic E-state index is 11.5. The van der Waals surface area contributed by atoms with E-state index in [0.717, 1.165) is 3.57 Å². The molecule has 0 aliphatic rings. The molecular formula is C9H9IN2O3. The first kappa shape index (κ1) is 11.9. The number of benzene rings is 1. The Kier molecular flexibility index (Phi) is 4.04. The number of amides is 1. The Bertz CT molecular complexity index is 377. The SMILES string of the molecule is CC(=O)ON(N)C(=O)c1ccc(I)cc1. The van der Waals surface area contributed by atoms with Gasteiger partial charge in [0.15, 0.2) is 0 Å². The highest BCUT2D eigenvalue weighted by Gasteiger charge is 2.14. The molecule has 0 saturated carbocycles. The van der Waals surface area contributed by atoms with Crippen molar-refractivity contribution < 1.29 is 14.4 Å². The molecular weight excluding hydrogens is 311 g/mol.